The fourth-order valence-electron chi connectivity index (χ4n) is 3.55. The first kappa shape index (κ1) is 15.4. The summed E-state index contributed by atoms with van der Waals surface area (Å²) in [6, 6.07) is 16.7. The molecule has 1 saturated heterocycles. The van der Waals surface area contributed by atoms with Crippen LogP contribution in [-0.2, 0) is 5.54 Å². The smallest absolute Gasteiger partial charge is 0.160 e. The summed E-state index contributed by atoms with van der Waals surface area (Å²) in [6.45, 7) is 1.76. The van der Waals surface area contributed by atoms with E-state index < -0.39 is 0 Å². The predicted octanol–water partition coefficient (Wildman–Crippen LogP) is 3.37. The fraction of sp³-hybridized carbons (Fsp3) is 0.316. The van der Waals surface area contributed by atoms with Gasteiger partial charge in [-0.1, -0.05) is 36.0 Å². The van der Waals surface area contributed by atoms with Crippen LogP contribution >= 0.6 is 11.8 Å². The fourth-order valence-corrected chi connectivity index (χ4v) is 4.56. The Morgan fingerprint density at radius 2 is 1.46 bits per heavy atom. The van der Waals surface area contributed by atoms with Crippen molar-refractivity contribution in [2.24, 2.45) is 4.99 Å². The molecule has 2 heterocycles. The minimum atomic E-state index is -0.239. The second-order valence-corrected chi connectivity index (χ2v) is 6.98. The summed E-state index contributed by atoms with van der Waals surface area (Å²) in [4.78, 5) is 7.28. The van der Waals surface area contributed by atoms with Crippen molar-refractivity contribution in [1.82, 2.24) is 4.90 Å². The molecule has 2 aliphatic rings. The van der Waals surface area contributed by atoms with Crippen LogP contribution in [0.5, 0.6) is 11.5 Å². The van der Waals surface area contributed by atoms with E-state index in [9.17, 15) is 0 Å². The molecular weight excluding hydrogens is 320 g/mol. The molecule has 2 aromatic carbocycles. The maximum atomic E-state index is 5.32. The van der Waals surface area contributed by atoms with Gasteiger partial charge in [0.25, 0.3) is 0 Å². The number of thioether (sulfide) groups is 1. The van der Waals surface area contributed by atoms with Crippen molar-refractivity contribution in [2.75, 3.05) is 33.1 Å². The molecule has 2 aliphatic heterocycles. The zero-order chi connectivity index (χ0) is 16.6. The van der Waals surface area contributed by atoms with Gasteiger partial charge in [0, 0.05) is 12.3 Å². The first-order valence-corrected chi connectivity index (χ1v) is 9.00. The van der Waals surface area contributed by atoms with E-state index >= 15 is 0 Å². The summed E-state index contributed by atoms with van der Waals surface area (Å²) < 4.78 is 10.6. The normalized spacial score (nSPS) is 18.2. The highest BCUT2D eigenvalue weighted by atomic mass is 32.2. The van der Waals surface area contributed by atoms with Crippen LogP contribution in [0, 0.1) is 0 Å². The number of nitrogens with zero attached hydrogens (tertiary/aromatic N) is 2. The molecular formula is C19H20N2O2S. The van der Waals surface area contributed by atoms with Gasteiger partial charge < -0.3 is 14.4 Å². The van der Waals surface area contributed by atoms with Crippen LogP contribution in [0.3, 0.4) is 0 Å². The lowest BCUT2D eigenvalue weighted by atomic mass is 9.82. The minimum absolute atomic E-state index is 0.239. The zero-order valence-electron chi connectivity index (χ0n) is 13.9. The molecule has 0 spiro atoms. The number of fused-ring (bicyclic) bond motifs is 1. The third-order valence-corrected chi connectivity index (χ3v) is 5.81. The molecule has 24 heavy (non-hydrogen) atoms. The van der Waals surface area contributed by atoms with Gasteiger partial charge in [-0.3, -0.25) is 4.99 Å². The third kappa shape index (κ3) is 2.26. The predicted molar refractivity (Wildman–Crippen MR) is 98.2 cm³/mol. The van der Waals surface area contributed by atoms with Gasteiger partial charge in [0.15, 0.2) is 5.17 Å². The molecule has 0 aromatic heterocycles. The van der Waals surface area contributed by atoms with E-state index in [-0.39, 0.29) is 5.54 Å². The second kappa shape index (κ2) is 6.06. The Hall–Kier alpha value is -2.14. The van der Waals surface area contributed by atoms with Crippen molar-refractivity contribution < 1.29 is 9.47 Å². The number of hydrogen-bond donors (Lipinski definition) is 0. The molecule has 0 unspecified atom stereocenters. The van der Waals surface area contributed by atoms with Gasteiger partial charge in [-0.2, -0.15) is 0 Å². The van der Waals surface area contributed by atoms with Crippen LogP contribution in [0.1, 0.15) is 11.1 Å². The van der Waals surface area contributed by atoms with Crippen molar-refractivity contribution in [3.8, 4) is 11.5 Å². The summed E-state index contributed by atoms with van der Waals surface area (Å²) in [5.74, 6) is 2.84. The molecule has 0 amide bonds. The molecule has 4 nitrogen and oxygen atoms in total. The van der Waals surface area contributed by atoms with E-state index in [1.54, 1.807) is 14.2 Å². The summed E-state index contributed by atoms with van der Waals surface area (Å²) >= 11 is 1.85. The number of amidine groups is 1. The van der Waals surface area contributed by atoms with Gasteiger partial charge in [0.2, 0.25) is 0 Å². The topological polar surface area (TPSA) is 34.1 Å². The van der Waals surface area contributed by atoms with E-state index in [0.717, 1.165) is 35.5 Å². The summed E-state index contributed by atoms with van der Waals surface area (Å²) in [6.07, 6.45) is 0. The Kier molecular flexibility index (Phi) is 3.88. The number of methoxy groups -OCH3 is 2. The van der Waals surface area contributed by atoms with Crippen LogP contribution in [0.25, 0.3) is 0 Å². The Balaban J connectivity index is 1.83. The molecule has 0 N–H and O–H groups in total. The molecule has 0 radical (unpaired) electrons. The Morgan fingerprint density at radius 3 is 1.96 bits per heavy atom. The highest BCUT2D eigenvalue weighted by molar-refractivity contribution is 8.14. The van der Waals surface area contributed by atoms with Crippen molar-refractivity contribution >= 4 is 16.9 Å². The van der Waals surface area contributed by atoms with Crippen LogP contribution in [0.15, 0.2) is 53.5 Å². The number of aliphatic imine (C=N–C) groups is 1. The highest BCUT2D eigenvalue weighted by Crippen LogP contribution is 2.45. The second-order valence-electron chi connectivity index (χ2n) is 5.92. The Labute approximate surface area is 146 Å². The third-order valence-electron chi connectivity index (χ3n) is 4.82. The van der Waals surface area contributed by atoms with Crippen LogP contribution in [0.2, 0.25) is 0 Å². The molecule has 5 heteroatoms. The average molecular weight is 340 g/mol. The lowest BCUT2D eigenvalue weighted by Gasteiger charge is -2.38. The van der Waals surface area contributed by atoms with Gasteiger partial charge in [-0.05, 0) is 35.4 Å². The van der Waals surface area contributed by atoms with Crippen molar-refractivity contribution in [3.05, 3.63) is 59.7 Å². The van der Waals surface area contributed by atoms with E-state index in [1.165, 1.54) is 11.1 Å². The lowest BCUT2D eigenvalue weighted by Crippen LogP contribution is -2.45. The van der Waals surface area contributed by atoms with Gasteiger partial charge >= 0.3 is 0 Å². The quantitative estimate of drug-likeness (QED) is 0.855. The number of hydrogen-bond acceptors (Lipinski definition) is 5. The van der Waals surface area contributed by atoms with E-state index in [2.05, 4.69) is 29.2 Å². The number of benzene rings is 2. The molecule has 0 saturated carbocycles. The number of rotatable bonds is 4. The summed E-state index contributed by atoms with van der Waals surface area (Å²) in [7, 11) is 3.39. The first-order chi connectivity index (χ1) is 11.8. The standard InChI is InChI=1S/C19H20N2O2S/c1-22-16-7-3-14(4-8-16)19(13-20-18-21(19)11-12-24-18)15-5-9-17(23-2)10-6-15/h3-10H,11-13H2,1-2H3. The molecule has 0 bridgehead atoms. The molecule has 0 aliphatic carbocycles. The van der Waals surface area contributed by atoms with Gasteiger partial charge in [0.05, 0.1) is 20.8 Å². The van der Waals surface area contributed by atoms with Gasteiger partial charge in [-0.15, -0.1) is 0 Å². The van der Waals surface area contributed by atoms with Gasteiger partial charge in [-0.25, -0.2) is 0 Å². The molecule has 0 atom stereocenters. The first-order valence-electron chi connectivity index (χ1n) is 8.02. The molecule has 2 aromatic rings. The Morgan fingerprint density at radius 1 is 0.917 bits per heavy atom. The van der Waals surface area contributed by atoms with Crippen LogP contribution < -0.4 is 9.47 Å². The zero-order valence-corrected chi connectivity index (χ0v) is 14.7. The molecule has 1 fully saturated rings. The number of ether oxygens (including phenoxy) is 2. The van der Waals surface area contributed by atoms with E-state index in [4.69, 9.17) is 14.5 Å². The molecule has 4 rings (SSSR count). The molecule has 124 valence electrons. The largest absolute Gasteiger partial charge is 0.497 e. The SMILES string of the molecule is COc1ccc(C2(c3ccc(OC)cc3)CN=C3SCCN32)cc1. The van der Waals surface area contributed by atoms with Crippen LogP contribution in [0.4, 0.5) is 0 Å². The lowest BCUT2D eigenvalue weighted by molar-refractivity contribution is 0.273. The summed E-state index contributed by atoms with van der Waals surface area (Å²) in [5.41, 5.74) is 2.25. The Bertz CT molecular complexity index is 708. The highest BCUT2D eigenvalue weighted by Gasteiger charge is 2.47. The maximum Gasteiger partial charge on any atom is 0.160 e. The summed E-state index contributed by atoms with van der Waals surface area (Å²) in [5, 5.41) is 1.15. The maximum absolute atomic E-state index is 5.32. The average Bonchev–Trinajstić information content (AvgIpc) is 3.25. The van der Waals surface area contributed by atoms with Gasteiger partial charge in [0.1, 0.15) is 17.0 Å². The van der Waals surface area contributed by atoms with Crippen molar-refractivity contribution in [1.29, 1.82) is 0 Å². The van der Waals surface area contributed by atoms with Crippen molar-refractivity contribution in [2.45, 2.75) is 5.54 Å². The van der Waals surface area contributed by atoms with E-state index in [1.807, 2.05) is 36.0 Å². The van der Waals surface area contributed by atoms with Crippen LogP contribution in [-0.4, -0.2) is 43.1 Å². The van der Waals surface area contributed by atoms with E-state index in [0.29, 0.717) is 0 Å². The van der Waals surface area contributed by atoms with Crippen molar-refractivity contribution in [3.63, 3.8) is 0 Å². The monoisotopic (exact) mass is 340 g/mol. The minimum Gasteiger partial charge on any atom is -0.497 e.